The third-order valence-corrected chi connectivity index (χ3v) is 9.76. The Morgan fingerprint density at radius 2 is 1.61 bits per heavy atom. The molecule has 0 aliphatic rings. The fourth-order valence-electron chi connectivity index (χ4n) is 3.06. The summed E-state index contributed by atoms with van der Waals surface area (Å²) in [6, 6.07) is 21.0. The fraction of sp³-hybridized carbons (Fsp3) is 0.333. The van der Waals surface area contributed by atoms with Gasteiger partial charge >= 0.3 is 7.60 Å². The van der Waals surface area contributed by atoms with Crippen LogP contribution in [0.4, 0.5) is 0 Å². The van der Waals surface area contributed by atoms with Gasteiger partial charge in [0.1, 0.15) is 6.79 Å². The van der Waals surface area contributed by atoms with E-state index >= 15 is 0 Å². The molecule has 1 unspecified atom stereocenters. The highest BCUT2D eigenvalue weighted by atomic mass is 31.2. The van der Waals surface area contributed by atoms with Gasteiger partial charge in [-0.05, 0) is 22.8 Å². The van der Waals surface area contributed by atoms with Crippen LogP contribution >= 0.6 is 7.60 Å². The summed E-state index contributed by atoms with van der Waals surface area (Å²) in [6.45, 7) is 1.79. The maximum atomic E-state index is 12.2. The molecule has 0 aromatic heterocycles. The molecule has 0 saturated carbocycles. The van der Waals surface area contributed by atoms with Gasteiger partial charge in [0.25, 0.3) is 8.32 Å². The lowest BCUT2D eigenvalue weighted by atomic mass is 10.4. The molecule has 152 valence electrons. The van der Waals surface area contributed by atoms with E-state index in [0.29, 0.717) is 6.42 Å². The van der Waals surface area contributed by atoms with Crippen LogP contribution in [0.25, 0.3) is 0 Å². The normalized spacial score (nSPS) is 14.2. The average molecular weight is 421 g/mol. The van der Waals surface area contributed by atoms with Crippen LogP contribution in [0, 0.1) is 0 Å². The van der Waals surface area contributed by atoms with E-state index in [-0.39, 0.29) is 13.4 Å². The van der Waals surface area contributed by atoms with Crippen LogP contribution in [0.5, 0.6) is 0 Å². The SMILES string of the molecule is CCCC[Si](OCOP(=O)(O)C=CCCO)(c1ccccc1)c1ccccc1. The Morgan fingerprint density at radius 1 is 1.04 bits per heavy atom. The van der Waals surface area contributed by atoms with Crippen molar-refractivity contribution in [3.63, 3.8) is 0 Å². The first-order valence-corrected chi connectivity index (χ1v) is 13.3. The van der Waals surface area contributed by atoms with E-state index < -0.39 is 15.9 Å². The zero-order valence-corrected chi connectivity index (χ0v) is 18.1. The van der Waals surface area contributed by atoms with Crippen molar-refractivity contribution < 1.29 is 23.5 Å². The Kier molecular flexibility index (Phi) is 9.32. The summed E-state index contributed by atoms with van der Waals surface area (Å²) in [6.07, 6.45) is 3.76. The molecule has 0 aliphatic carbocycles. The molecule has 5 nitrogen and oxygen atoms in total. The standard InChI is InChI=1S/C21H29O5PSi/c1-2-3-18-28(20-12-6-4-7-13-20,21-14-8-5-9-15-21)26-19-25-27(23,24)17-11-10-16-22/h4-9,11-15,17,22H,2-3,10,16,18-19H2,1H3,(H,23,24). The van der Waals surface area contributed by atoms with E-state index in [1.807, 2.05) is 36.4 Å². The topological polar surface area (TPSA) is 76.0 Å². The van der Waals surface area contributed by atoms with Crippen molar-refractivity contribution in [2.75, 3.05) is 13.4 Å². The third kappa shape index (κ3) is 6.52. The molecule has 1 atom stereocenters. The predicted octanol–water partition coefficient (Wildman–Crippen LogP) is 3.62. The van der Waals surface area contributed by atoms with E-state index in [2.05, 4.69) is 31.2 Å². The minimum Gasteiger partial charge on any atom is -0.396 e. The van der Waals surface area contributed by atoms with Crippen LogP contribution < -0.4 is 10.4 Å². The Hall–Kier alpha value is -1.53. The van der Waals surface area contributed by atoms with Gasteiger partial charge < -0.3 is 14.4 Å². The molecule has 2 rings (SSSR count). The van der Waals surface area contributed by atoms with Crippen LogP contribution in [0.15, 0.2) is 72.6 Å². The second-order valence-corrected chi connectivity index (χ2v) is 11.8. The van der Waals surface area contributed by atoms with Gasteiger partial charge in [0.2, 0.25) is 0 Å². The van der Waals surface area contributed by atoms with Gasteiger partial charge in [-0.1, -0.05) is 86.5 Å². The number of rotatable bonds is 12. The number of benzene rings is 2. The highest BCUT2D eigenvalue weighted by Gasteiger charge is 2.39. The lowest BCUT2D eigenvalue weighted by Gasteiger charge is -2.32. The van der Waals surface area contributed by atoms with E-state index in [0.717, 1.165) is 35.1 Å². The number of aliphatic hydroxyl groups excluding tert-OH is 1. The Balaban J connectivity index is 2.29. The molecule has 0 saturated heterocycles. The second-order valence-electron chi connectivity index (χ2n) is 6.52. The molecule has 2 aromatic rings. The largest absolute Gasteiger partial charge is 0.396 e. The molecule has 0 heterocycles. The van der Waals surface area contributed by atoms with Gasteiger partial charge in [-0.3, -0.25) is 9.09 Å². The molecule has 0 radical (unpaired) electrons. The molecular weight excluding hydrogens is 391 g/mol. The molecular formula is C21H29O5PSi. The maximum absolute atomic E-state index is 12.2. The minimum absolute atomic E-state index is 0.0813. The molecule has 0 fully saturated rings. The molecule has 28 heavy (non-hydrogen) atoms. The van der Waals surface area contributed by atoms with Crippen LogP contribution in [-0.4, -0.2) is 31.7 Å². The van der Waals surface area contributed by atoms with Gasteiger partial charge in [0, 0.05) is 12.4 Å². The lowest BCUT2D eigenvalue weighted by Crippen LogP contribution is -2.61. The molecule has 0 amide bonds. The minimum atomic E-state index is -3.91. The van der Waals surface area contributed by atoms with E-state index in [9.17, 15) is 9.46 Å². The zero-order valence-electron chi connectivity index (χ0n) is 16.2. The van der Waals surface area contributed by atoms with Gasteiger partial charge in [-0.25, -0.2) is 0 Å². The van der Waals surface area contributed by atoms with Gasteiger partial charge in [-0.2, -0.15) is 0 Å². The van der Waals surface area contributed by atoms with Crippen molar-refractivity contribution in [1.82, 2.24) is 0 Å². The summed E-state index contributed by atoms with van der Waals surface area (Å²) in [7, 11) is -6.54. The number of aliphatic hydroxyl groups is 1. The van der Waals surface area contributed by atoms with Crippen LogP contribution in [0.1, 0.15) is 26.2 Å². The molecule has 0 spiro atoms. The van der Waals surface area contributed by atoms with E-state index in [1.165, 1.54) is 6.08 Å². The van der Waals surface area contributed by atoms with Crippen LogP contribution in [0.2, 0.25) is 6.04 Å². The number of hydrogen-bond donors (Lipinski definition) is 2. The molecule has 0 bridgehead atoms. The monoisotopic (exact) mass is 420 g/mol. The molecule has 2 N–H and O–H groups in total. The smallest absolute Gasteiger partial charge is 0.353 e. The molecule has 7 heteroatoms. The first kappa shape index (κ1) is 22.8. The Labute approximate surface area is 168 Å². The highest BCUT2D eigenvalue weighted by Crippen LogP contribution is 2.43. The first-order chi connectivity index (χ1) is 13.5. The van der Waals surface area contributed by atoms with Crippen molar-refractivity contribution in [3.05, 3.63) is 72.6 Å². The summed E-state index contributed by atoms with van der Waals surface area (Å²) < 4.78 is 23.7. The van der Waals surface area contributed by atoms with Gasteiger partial charge in [0.05, 0.1) is 0 Å². The fourth-order valence-corrected chi connectivity index (χ4v) is 7.83. The third-order valence-electron chi connectivity index (χ3n) is 4.50. The van der Waals surface area contributed by atoms with Crippen molar-refractivity contribution >= 4 is 26.3 Å². The summed E-state index contributed by atoms with van der Waals surface area (Å²) in [5, 5.41) is 11.0. The maximum Gasteiger partial charge on any atom is 0.353 e. The predicted molar refractivity (Wildman–Crippen MR) is 115 cm³/mol. The average Bonchev–Trinajstić information content (AvgIpc) is 2.72. The second kappa shape index (κ2) is 11.5. The van der Waals surface area contributed by atoms with Crippen LogP contribution in [-0.2, 0) is 13.5 Å². The summed E-state index contributed by atoms with van der Waals surface area (Å²) in [4.78, 5) is 9.96. The Bertz CT molecular complexity index is 727. The van der Waals surface area contributed by atoms with Gasteiger partial charge in [-0.15, -0.1) is 0 Å². The van der Waals surface area contributed by atoms with Crippen molar-refractivity contribution in [3.8, 4) is 0 Å². The Morgan fingerprint density at radius 3 is 2.11 bits per heavy atom. The summed E-state index contributed by atoms with van der Waals surface area (Å²) in [5.41, 5.74) is 0. The first-order valence-electron chi connectivity index (χ1n) is 9.54. The number of unbranched alkanes of at least 4 members (excludes halogenated alkanes) is 1. The van der Waals surface area contributed by atoms with Crippen molar-refractivity contribution in [2.45, 2.75) is 32.2 Å². The number of hydrogen-bond acceptors (Lipinski definition) is 4. The molecule has 0 aliphatic heterocycles. The molecule has 2 aromatic carbocycles. The van der Waals surface area contributed by atoms with Gasteiger partial charge in [0.15, 0.2) is 0 Å². The highest BCUT2D eigenvalue weighted by molar-refractivity contribution is 7.56. The van der Waals surface area contributed by atoms with Crippen molar-refractivity contribution in [1.29, 1.82) is 0 Å². The summed E-state index contributed by atoms with van der Waals surface area (Å²) in [5.74, 6) is 1.10. The van der Waals surface area contributed by atoms with Crippen molar-refractivity contribution in [2.24, 2.45) is 0 Å². The zero-order chi connectivity index (χ0) is 20.3. The quantitative estimate of drug-likeness (QED) is 0.312. The summed E-state index contributed by atoms with van der Waals surface area (Å²) >= 11 is 0. The van der Waals surface area contributed by atoms with E-state index in [4.69, 9.17) is 14.1 Å². The van der Waals surface area contributed by atoms with Crippen LogP contribution in [0.3, 0.4) is 0 Å². The lowest BCUT2D eigenvalue weighted by molar-refractivity contribution is 0.105. The van der Waals surface area contributed by atoms with E-state index in [1.54, 1.807) is 0 Å².